The second-order valence-electron chi connectivity index (χ2n) is 10.9. The first-order chi connectivity index (χ1) is 20.4. The van der Waals surface area contributed by atoms with Crippen LogP contribution in [0.2, 0.25) is 0 Å². The van der Waals surface area contributed by atoms with Crippen LogP contribution in [-0.2, 0) is 47.6 Å². The van der Waals surface area contributed by atoms with Crippen LogP contribution in [0.4, 0.5) is 4.79 Å². The van der Waals surface area contributed by atoms with Gasteiger partial charge in [0.05, 0.1) is 12.1 Å². The summed E-state index contributed by atoms with van der Waals surface area (Å²) in [5, 5.41) is 2.70. The standard InChI is InChI=1S/C31H45NO11S/c1-11-14-19(4)17-39-28(36)31(44-24(12-2)13-3)16-26(41-22(7)35)27(32-29(37)43-30(8,9)10)25(42-31)15-23(40-21(6)34)18-38-20(5)33/h11-14,23,25-27H,2,4,15-18H2,1,3,5-10H3,(H,32,37)/b14-11-,24-13+/t23?,25?,26-,27?,31?/m1/s1. The van der Waals surface area contributed by atoms with Crippen molar-refractivity contribution >= 4 is 41.7 Å². The number of alkyl carbamates (subject to hydrolysis) is 1. The second kappa shape index (κ2) is 17.6. The van der Waals surface area contributed by atoms with Crippen LogP contribution < -0.4 is 5.32 Å². The molecule has 0 radical (unpaired) electrons. The third-order valence-corrected chi connectivity index (χ3v) is 7.18. The minimum atomic E-state index is -1.83. The van der Waals surface area contributed by atoms with Gasteiger partial charge in [-0.3, -0.25) is 14.4 Å². The summed E-state index contributed by atoms with van der Waals surface area (Å²) in [6.45, 7) is 19.3. The Kier molecular flexibility index (Phi) is 15.4. The van der Waals surface area contributed by atoms with Crippen molar-refractivity contribution in [3.05, 3.63) is 47.9 Å². The molecule has 0 bridgehead atoms. The normalized spacial score (nSPS) is 22.7. The first kappa shape index (κ1) is 38.4. The molecule has 1 N–H and O–H groups in total. The fraction of sp³-hybridized carbons (Fsp3) is 0.581. The van der Waals surface area contributed by atoms with Crippen molar-refractivity contribution < 1.29 is 52.4 Å². The smallest absolute Gasteiger partial charge is 0.408 e. The Balaban J connectivity index is 3.75. The van der Waals surface area contributed by atoms with Crippen LogP contribution in [0.5, 0.6) is 0 Å². The van der Waals surface area contributed by atoms with Gasteiger partial charge in [-0.15, -0.1) is 0 Å². The van der Waals surface area contributed by atoms with E-state index >= 15 is 0 Å². The average Bonchev–Trinajstić information content (AvgIpc) is 2.89. The van der Waals surface area contributed by atoms with Crippen molar-refractivity contribution in [3.63, 3.8) is 0 Å². The Labute approximate surface area is 263 Å². The molecule has 12 nitrogen and oxygen atoms in total. The zero-order chi connectivity index (χ0) is 33.7. The summed E-state index contributed by atoms with van der Waals surface area (Å²) < 4.78 is 33.7. The highest BCUT2D eigenvalue weighted by Crippen LogP contribution is 2.45. The van der Waals surface area contributed by atoms with Gasteiger partial charge in [0, 0.05) is 38.5 Å². The third kappa shape index (κ3) is 13.4. The maximum Gasteiger partial charge on any atom is 0.408 e. The summed E-state index contributed by atoms with van der Waals surface area (Å²) in [5.74, 6) is -2.79. The monoisotopic (exact) mass is 639 g/mol. The molecular weight excluding hydrogens is 594 g/mol. The summed E-state index contributed by atoms with van der Waals surface area (Å²) in [6, 6.07) is -1.10. The van der Waals surface area contributed by atoms with Crippen molar-refractivity contribution in [2.24, 2.45) is 0 Å². The molecule has 1 amide bonds. The molecule has 1 saturated heterocycles. The van der Waals surface area contributed by atoms with E-state index in [4.69, 9.17) is 28.4 Å². The van der Waals surface area contributed by atoms with Crippen molar-refractivity contribution in [3.8, 4) is 0 Å². The molecule has 13 heteroatoms. The molecule has 0 saturated carbocycles. The lowest BCUT2D eigenvalue weighted by atomic mass is 9.91. The minimum absolute atomic E-state index is 0.154. The molecule has 0 aromatic heterocycles. The first-order valence-corrected chi connectivity index (χ1v) is 14.9. The van der Waals surface area contributed by atoms with E-state index in [-0.39, 0.29) is 26.1 Å². The predicted octanol–water partition coefficient (Wildman–Crippen LogP) is 4.68. The number of ether oxygens (including phenoxy) is 6. The molecule has 1 aliphatic rings. The Hall–Kier alpha value is -3.58. The van der Waals surface area contributed by atoms with Crippen molar-refractivity contribution in [2.75, 3.05) is 13.2 Å². The zero-order valence-corrected chi connectivity index (χ0v) is 27.6. The molecule has 5 atom stereocenters. The van der Waals surface area contributed by atoms with Gasteiger partial charge in [0.1, 0.15) is 31.0 Å². The maximum absolute atomic E-state index is 13.9. The Morgan fingerprint density at radius 3 is 2.23 bits per heavy atom. The van der Waals surface area contributed by atoms with E-state index in [2.05, 4.69) is 18.5 Å². The summed E-state index contributed by atoms with van der Waals surface area (Å²) in [5.41, 5.74) is -0.355. The van der Waals surface area contributed by atoms with Crippen LogP contribution in [0.15, 0.2) is 47.9 Å². The zero-order valence-electron chi connectivity index (χ0n) is 26.8. The maximum atomic E-state index is 13.9. The molecule has 0 spiro atoms. The number of amides is 1. The number of carbonyl (C=O) groups excluding carboxylic acids is 5. The number of esters is 4. The van der Waals surface area contributed by atoms with Gasteiger partial charge < -0.3 is 33.7 Å². The number of hydrogen-bond donors (Lipinski definition) is 1. The van der Waals surface area contributed by atoms with Gasteiger partial charge in [-0.05, 0) is 40.2 Å². The van der Waals surface area contributed by atoms with E-state index < -0.39 is 64.9 Å². The summed E-state index contributed by atoms with van der Waals surface area (Å²) in [4.78, 5) is 61.4. The first-order valence-electron chi connectivity index (χ1n) is 14.1. The summed E-state index contributed by atoms with van der Waals surface area (Å²) in [7, 11) is 0. The Morgan fingerprint density at radius 2 is 1.73 bits per heavy atom. The molecule has 1 aliphatic heterocycles. The van der Waals surface area contributed by atoms with Gasteiger partial charge in [-0.2, -0.15) is 0 Å². The summed E-state index contributed by atoms with van der Waals surface area (Å²) >= 11 is 0.981. The van der Waals surface area contributed by atoms with Gasteiger partial charge >= 0.3 is 30.0 Å². The lowest BCUT2D eigenvalue weighted by Gasteiger charge is -2.47. The largest absolute Gasteiger partial charge is 0.462 e. The fourth-order valence-electron chi connectivity index (χ4n) is 4.20. The highest BCUT2D eigenvalue weighted by Gasteiger charge is 2.56. The highest BCUT2D eigenvalue weighted by atomic mass is 32.2. The fourth-order valence-corrected chi connectivity index (χ4v) is 5.35. The van der Waals surface area contributed by atoms with Gasteiger partial charge in [0.2, 0.25) is 4.93 Å². The number of nitrogens with one attached hydrogen (secondary N) is 1. The molecule has 1 heterocycles. The molecule has 44 heavy (non-hydrogen) atoms. The van der Waals surface area contributed by atoms with Crippen LogP contribution in [0.3, 0.4) is 0 Å². The average molecular weight is 640 g/mol. The van der Waals surface area contributed by atoms with Gasteiger partial charge in [-0.25, -0.2) is 9.59 Å². The topological polar surface area (TPSA) is 153 Å². The SMILES string of the molecule is C=C/C(=C\C)SC1(C(=O)OCC(=C)/C=C\C)C[C@@H](OC(C)=O)C(NC(=O)OC(C)(C)C)C(CC(COC(C)=O)OC(C)=O)O1. The van der Waals surface area contributed by atoms with E-state index in [9.17, 15) is 24.0 Å². The van der Waals surface area contributed by atoms with E-state index in [1.165, 1.54) is 26.8 Å². The van der Waals surface area contributed by atoms with Crippen LogP contribution in [0, 0.1) is 0 Å². The summed E-state index contributed by atoms with van der Waals surface area (Å²) in [6.07, 6.45) is 1.99. The predicted molar refractivity (Wildman–Crippen MR) is 164 cm³/mol. The Bertz CT molecular complexity index is 1140. The lowest BCUT2D eigenvalue weighted by Crippen LogP contribution is -2.64. The molecule has 0 aromatic carbocycles. The van der Waals surface area contributed by atoms with Gasteiger partial charge in [0.25, 0.3) is 0 Å². The molecule has 0 aromatic rings. The van der Waals surface area contributed by atoms with Crippen LogP contribution in [0.1, 0.15) is 68.2 Å². The molecule has 1 fully saturated rings. The highest BCUT2D eigenvalue weighted by molar-refractivity contribution is 8.05. The van der Waals surface area contributed by atoms with Crippen molar-refractivity contribution in [2.45, 2.75) is 103 Å². The molecular formula is C31H45NO11S. The van der Waals surface area contributed by atoms with Crippen LogP contribution >= 0.6 is 11.8 Å². The second-order valence-corrected chi connectivity index (χ2v) is 12.3. The number of rotatable bonds is 14. The molecule has 4 unspecified atom stereocenters. The van der Waals surface area contributed by atoms with E-state index in [1.54, 1.807) is 52.8 Å². The van der Waals surface area contributed by atoms with E-state index in [0.717, 1.165) is 11.8 Å². The number of thioether (sulfide) groups is 1. The number of carbonyl (C=O) groups is 5. The van der Waals surface area contributed by atoms with E-state index in [0.29, 0.717) is 10.5 Å². The quantitative estimate of drug-likeness (QED) is 0.160. The van der Waals surface area contributed by atoms with E-state index in [1.807, 2.05) is 0 Å². The van der Waals surface area contributed by atoms with Crippen molar-refractivity contribution in [1.29, 1.82) is 0 Å². The molecule has 246 valence electrons. The number of hydrogen-bond acceptors (Lipinski definition) is 12. The Morgan fingerprint density at radius 1 is 1.07 bits per heavy atom. The third-order valence-electron chi connectivity index (χ3n) is 5.78. The lowest BCUT2D eigenvalue weighted by molar-refractivity contribution is -0.196. The van der Waals surface area contributed by atoms with Crippen LogP contribution in [0.25, 0.3) is 0 Å². The number of allylic oxidation sites excluding steroid dienone is 3. The van der Waals surface area contributed by atoms with Gasteiger partial charge in [-0.1, -0.05) is 49.2 Å². The molecule has 0 aliphatic carbocycles. The van der Waals surface area contributed by atoms with Crippen LogP contribution in [-0.4, -0.2) is 78.1 Å². The van der Waals surface area contributed by atoms with Gasteiger partial charge in [0.15, 0.2) is 0 Å². The minimum Gasteiger partial charge on any atom is -0.462 e. The molecule has 1 rings (SSSR count). The van der Waals surface area contributed by atoms with Crippen molar-refractivity contribution in [1.82, 2.24) is 5.32 Å².